The van der Waals surface area contributed by atoms with Crippen LogP contribution in [0, 0.1) is 0 Å². The molecule has 0 aliphatic heterocycles. The van der Waals surface area contributed by atoms with Crippen molar-refractivity contribution in [2.75, 3.05) is 0 Å². The zero-order valence-corrected chi connectivity index (χ0v) is 6.22. The lowest BCUT2D eigenvalue weighted by Gasteiger charge is -1.99. The Kier molecular flexibility index (Phi) is 1.38. The van der Waals surface area contributed by atoms with Gasteiger partial charge in [-0.2, -0.15) is 5.10 Å². The molecule has 66 valence electrons. The van der Waals surface area contributed by atoms with Gasteiger partial charge in [0.2, 0.25) is 5.78 Å². The summed E-state index contributed by atoms with van der Waals surface area (Å²) in [6.07, 6.45) is 2.09. The number of aromatic amines is 1. The molecule has 0 aliphatic carbocycles. The van der Waals surface area contributed by atoms with Gasteiger partial charge in [-0.1, -0.05) is 0 Å². The Morgan fingerprint density at radius 1 is 1.62 bits per heavy atom. The minimum Gasteiger partial charge on any atom is -0.545 e. The lowest BCUT2D eigenvalue weighted by molar-refractivity contribution is -0.255. The highest BCUT2D eigenvalue weighted by molar-refractivity contribution is 5.84. The Labute approximate surface area is 70.7 Å². The molecule has 7 heteroatoms. The standard InChI is InChI=1S/C6H4N4O3/c11-4-3(5(12)13)1-7-6-9-8-2-10(4)6/h1-2H,(H,7,9)(H,12,13)/p-1. The van der Waals surface area contributed by atoms with Gasteiger partial charge in [-0.15, -0.1) is 0 Å². The fourth-order valence-corrected chi connectivity index (χ4v) is 0.943. The summed E-state index contributed by atoms with van der Waals surface area (Å²) in [5.41, 5.74) is -1.20. The SMILES string of the molecule is O=C([O-])c1cnc2[nH]ncn2c1=O. The lowest BCUT2D eigenvalue weighted by Crippen LogP contribution is -2.31. The molecule has 2 aromatic heterocycles. The number of hydrogen-bond acceptors (Lipinski definition) is 5. The van der Waals surface area contributed by atoms with Crippen molar-refractivity contribution in [1.82, 2.24) is 19.6 Å². The van der Waals surface area contributed by atoms with Crippen LogP contribution in [0.3, 0.4) is 0 Å². The number of nitrogens with one attached hydrogen (secondary N) is 1. The number of carboxylic acids is 1. The molecule has 1 N–H and O–H groups in total. The number of nitrogens with zero attached hydrogens (tertiary/aromatic N) is 3. The molecule has 0 spiro atoms. The van der Waals surface area contributed by atoms with Crippen molar-refractivity contribution in [3.63, 3.8) is 0 Å². The van der Waals surface area contributed by atoms with Gasteiger partial charge in [-0.25, -0.2) is 14.5 Å². The van der Waals surface area contributed by atoms with Gasteiger partial charge in [0.05, 0.1) is 11.5 Å². The summed E-state index contributed by atoms with van der Waals surface area (Å²) in [6, 6.07) is 0. The van der Waals surface area contributed by atoms with E-state index >= 15 is 0 Å². The summed E-state index contributed by atoms with van der Waals surface area (Å²) < 4.78 is 0.991. The van der Waals surface area contributed by atoms with E-state index in [0.29, 0.717) is 0 Å². The number of fused-ring (bicyclic) bond motifs is 1. The third-order valence-electron chi connectivity index (χ3n) is 1.55. The Balaban J connectivity index is 2.89. The highest BCUT2D eigenvalue weighted by Gasteiger charge is 2.05. The van der Waals surface area contributed by atoms with Crippen molar-refractivity contribution >= 4 is 11.7 Å². The predicted molar refractivity (Wildman–Crippen MR) is 37.9 cm³/mol. The number of hydrogen-bond donors (Lipinski definition) is 1. The van der Waals surface area contributed by atoms with Crippen LogP contribution >= 0.6 is 0 Å². The molecule has 0 unspecified atom stereocenters. The largest absolute Gasteiger partial charge is 0.545 e. The molecular weight excluding hydrogens is 176 g/mol. The molecule has 7 nitrogen and oxygen atoms in total. The Morgan fingerprint density at radius 2 is 2.38 bits per heavy atom. The number of rotatable bonds is 1. The van der Waals surface area contributed by atoms with Crippen LogP contribution in [0.2, 0.25) is 0 Å². The van der Waals surface area contributed by atoms with Crippen molar-refractivity contribution in [1.29, 1.82) is 0 Å². The molecule has 2 aromatic rings. The summed E-state index contributed by atoms with van der Waals surface area (Å²) >= 11 is 0. The molecule has 13 heavy (non-hydrogen) atoms. The number of aromatic carboxylic acids is 1. The first kappa shape index (κ1) is 7.47. The highest BCUT2D eigenvalue weighted by atomic mass is 16.4. The van der Waals surface area contributed by atoms with E-state index in [1.54, 1.807) is 0 Å². The van der Waals surface area contributed by atoms with Crippen LogP contribution < -0.4 is 10.7 Å². The Morgan fingerprint density at radius 3 is 3.08 bits per heavy atom. The van der Waals surface area contributed by atoms with Gasteiger partial charge >= 0.3 is 0 Å². The molecule has 0 amide bonds. The van der Waals surface area contributed by atoms with E-state index in [1.165, 1.54) is 0 Å². The van der Waals surface area contributed by atoms with Crippen LogP contribution in [-0.2, 0) is 0 Å². The third-order valence-corrected chi connectivity index (χ3v) is 1.55. The van der Waals surface area contributed by atoms with E-state index in [4.69, 9.17) is 0 Å². The van der Waals surface area contributed by atoms with Crippen molar-refractivity contribution in [2.24, 2.45) is 0 Å². The zero-order valence-electron chi connectivity index (χ0n) is 6.22. The topological polar surface area (TPSA) is 103 Å². The summed E-state index contributed by atoms with van der Waals surface area (Å²) in [4.78, 5) is 25.3. The summed E-state index contributed by atoms with van der Waals surface area (Å²) in [5, 5.41) is 16.3. The van der Waals surface area contributed by atoms with Gasteiger partial charge in [0, 0.05) is 6.20 Å². The second kappa shape index (κ2) is 2.41. The lowest BCUT2D eigenvalue weighted by atomic mass is 10.3. The van der Waals surface area contributed by atoms with Gasteiger partial charge in [0.25, 0.3) is 5.56 Å². The summed E-state index contributed by atoms with van der Waals surface area (Å²) in [7, 11) is 0. The van der Waals surface area contributed by atoms with Gasteiger partial charge < -0.3 is 9.90 Å². The first-order valence-corrected chi connectivity index (χ1v) is 3.32. The monoisotopic (exact) mass is 179 g/mol. The maximum atomic E-state index is 11.3. The van der Waals surface area contributed by atoms with E-state index in [2.05, 4.69) is 15.2 Å². The zero-order chi connectivity index (χ0) is 9.42. The normalized spacial score (nSPS) is 10.5. The Hall–Kier alpha value is -2.18. The minimum absolute atomic E-state index is 0.190. The smallest absolute Gasteiger partial charge is 0.269 e. The number of aromatic nitrogens is 4. The summed E-state index contributed by atoms with van der Waals surface area (Å²) in [5.74, 6) is -1.36. The maximum Gasteiger partial charge on any atom is 0.269 e. The highest BCUT2D eigenvalue weighted by Crippen LogP contribution is 1.90. The average Bonchev–Trinajstić information content (AvgIpc) is 2.52. The third kappa shape index (κ3) is 0.975. The van der Waals surface area contributed by atoms with Gasteiger partial charge in [-0.3, -0.25) is 4.79 Å². The number of carbonyl (C=O) groups excluding carboxylic acids is 1. The molecule has 0 saturated carbocycles. The molecule has 0 saturated heterocycles. The van der Waals surface area contributed by atoms with Crippen LogP contribution in [0.15, 0.2) is 17.3 Å². The predicted octanol–water partition coefficient (Wildman–Crippen LogP) is -2.22. The van der Waals surface area contributed by atoms with E-state index < -0.39 is 17.1 Å². The Bertz CT molecular complexity index is 526. The number of carbonyl (C=O) groups is 1. The average molecular weight is 179 g/mol. The van der Waals surface area contributed by atoms with E-state index in [-0.39, 0.29) is 5.78 Å². The molecule has 0 atom stereocenters. The molecule has 0 radical (unpaired) electrons. The number of carboxylic acid groups (broad SMARTS) is 1. The van der Waals surface area contributed by atoms with Crippen LogP contribution in [0.25, 0.3) is 5.78 Å². The fourth-order valence-electron chi connectivity index (χ4n) is 0.943. The first-order chi connectivity index (χ1) is 6.20. The summed E-state index contributed by atoms with van der Waals surface area (Å²) in [6.45, 7) is 0. The van der Waals surface area contributed by atoms with Gasteiger partial charge in [0.1, 0.15) is 6.33 Å². The van der Waals surface area contributed by atoms with Crippen LogP contribution in [0.4, 0.5) is 0 Å². The van der Waals surface area contributed by atoms with Crippen molar-refractivity contribution < 1.29 is 9.90 Å². The molecule has 0 bridgehead atoms. The van der Waals surface area contributed by atoms with Crippen LogP contribution in [-0.4, -0.2) is 25.6 Å². The van der Waals surface area contributed by atoms with E-state index in [9.17, 15) is 14.7 Å². The van der Waals surface area contributed by atoms with Crippen LogP contribution in [0.1, 0.15) is 10.4 Å². The minimum atomic E-state index is -1.55. The maximum absolute atomic E-state index is 11.3. The molecule has 0 aromatic carbocycles. The second-order valence-corrected chi connectivity index (χ2v) is 2.31. The quantitative estimate of drug-likeness (QED) is 0.534. The molecule has 2 heterocycles. The fraction of sp³-hybridized carbons (Fsp3) is 0. The van der Waals surface area contributed by atoms with E-state index in [1.807, 2.05) is 0 Å². The van der Waals surface area contributed by atoms with E-state index in [0.717, 1.165) is 16.9 Å². The van der Waals surface area contributed by atoms with Crippen molar-refractivity contribution in [3.05, 3.63) is 28.4 Å². The molecule has 0 aliphatic rings. The molecule has 0 fully saturated rings. The van der Waals surface area contributed by atoms with Crippen molar-refractivity contribution in [2.45, 2.75) is 0 Å². The van der Waals surface area contributed by atoms with Crippen molar-refractivity contribution in [3.8, 4) is 0 Å². The van der Waals surface area contributed by atoms with Crippen LogP contribution in [0.5, 0.6) is 0 Å². The molecular formula is C6H3N4O3-. The molecule has 2 rings (SSSR count). The second-order valence-electron chi connectivity index (χ2n) is 2.31. The number of H-pyrrole nitrogens is 1. The first-order valence-electron chi connectivity index (χ1n) is 3.32. The van der Waals surface area contributed by atoms with Gasteiger partial charge in [-0.05, 0) is 0 Å². The van der Waals surface area contributed by atoms with Gasteiger partial charge in [0.15, 0.2) is 0 Å².